The van der Waals surface area contributed by atoms with Gasteiger partial charge in [0.05, 0.1) is 17.0 Å². The van der Waals surface area contributed by atoms with Gasteiger partial charge in [-0.1, -0.05) is 24.2 Å². The molecule has 7 nitrogen and oxygen atoms in total. The van der Waals surface area contributed by atoms with E-state index >= 15 is 0 Å². The molecule has 0 fully saturated rings. The lowest BCUT2D eigenvalue weighted by atomic mass is 10.2. The number of sulfonamides is 1. The minimum Gasteiger partial charge on any atom is -0.481 e. The lowest BCUT2D eigenvalue weighted by Gasteiger charge is -2.20. The second-order valence-corrected chi connectivity index (χ2v) is 6.91. The van der Waals surface area contributed by atoms with Crippen LogP contribution in [0.5, 0.6) is 0 Å². The molecule has 0 saturated heterocycles. The highest BCUT2D eigenvalue weighted by molar-refractivity contribution is 7.89. The zero-order valence-corrected chi connectivity index (χ0v) is 12.9. The molecular weight excluding hydrogens is 308 g/mol. The van der Waals surface area contributed by atoms with Gasteiger partial charge in [-0.3, -0.25) is 4.79 Å². The third kappa shape index (κ3) is 3.18. The Kier molecular flexibility index (Phi) is 4.62. The zero-order chi connectivity index (χ0) is 16.3. The number of aromatic nitrogens is 1. The van der Waals surface area contributed by atoms with Crippen LogP contribution in [0.4, 0.5) is 0 Å². The van der Waals surface area contributed by atoms with Crippen molar-refractivity contribution >= 4 is 16.0 Å². The van der Waals surface area contributed by atoms with E-state index in [1.807, 2.05) is 0 Å². The van der Waals surface area contributed by atoms with Gasteiger partial charge in [-0.2, -0.15) is 0 Å². The SMILES string of the molecule is CC(CN(C)S(=O)(=O)c1ccccc1-c1ccno1)C(=O)O. The number of hydrogen-bond acceptors (Lipinski definition) is 5. The van der Waals surface area contributed by atoms with E-state index in [0.29, 0.717) is 11.3 Å². The van der Waals surface area contributed by atoms with E-state index in [0.717, 1.165) is 4.31 Å². The number of carboxylic acids is 1. The number of carbonyl (C=O) groups is 1. The van der Waals surface area contributed by atoms with Gasteiger partial charge >= 0.3 is 5.97 Å². The molecule has 0 aliphatic heterocycles. The van der Waals surface area contributed by atoms with Crippen molar-refractivity contribution in [3.63, 3.8) is 0 Å². The van der Waals surface area contributed by atoms with Gasteiger partial charge in [0.1, 0.15) is 0 Å². The smallest absolute Gasteiger partial charge is 0.307 e. The Morgan fingerprint density at radius 2 is 2.05 bits per heavy atom. The van der Waals surface area contributed by atoms with Crippen LogP contribution in [0.15, 0.2) is 45.9 Å². The Hall–Kier alpha value is -2.19. The maximum absolute atomic E-state index is 12.7. The summed E-state index contributed by atoms with van der Waals surface area (Å²) in [6.45, 7) is 1.33. The van der Waals surface area contributed by atoms with Crippen LogP contribution in [-0.2, 0) is 14.8 Å². The molecule has 1 N–H and O–H groups in total. The Balaban J connectivity index is 2.40. The summed E-state index contributed by atoms with van der Waals surface area (Å²) >= 11 is 0. The van der Waals surface area contributed by atoms with E-state index in [4.69, 9.17) is 9.63 Å². The van der Waals surface area contributed by atoms with Gasteiger partial charge in [0, 0.05) is 25.2 Å². The lowest BCUT2D eigenvalue weighted by molar-refractivity contribution is -0.141. The highest BCUT2D eigenvalue weighted by Gasteiger charge is 2.27. The van der Waals surface area contributed by atoms with E-state index in [9.17, 15) is 13.2 Å². The third-order valence-electron chi connectivity index (χ3n) is 3.23. The minimum atomic E-state index is -3.84. The van der Waals surface area contributed by atoms with Crippen molar-refractivity contribution in [2.45, 2.75) is 11.8 Å². The predicted octanol–water partition coefficient (Wildman–Crippen LogP) is 1.68. The highest BCUT2D eigenvalue weighted by Crippen LogP contribution is 2.28. The van der Waals surface area contributed by atoms with Crippen LogP contribution in [-0.4, -0.2) is 42.5 Å². The molecule has 1 aromatic carbocycles. The van der Waals surface area contributed by atoms with Crippen LogP contribution in [0.3, 0.4) is 0 Å². The summed E-state index contributed by atoms with van der Waals surface area (Å²) < 4.78 is 31.4. The quantitative estimate of drug-likeness (QED) is 0.867. The normalized spacial score (nSPS) is 13.2. The maximum atomic E-state index is 12.7. The summed E-state index contributed by atoms with van der Waals surface area (Å²) in [5.74, 6) is -1.53. The van der Waals surface area contributed by atoms with Crippen molar-refractivity contribution in [1.82, 2.24) is 9.46 Å². The van der Waals surface area contributed by atoms with Crippen molar-refractivity contribution in [2.75, 3.05) is 13.6 Å². The fourth-order valence-corrected chi connectivity index (χ4v) is 3.43. The first kappa shape index (κ1) is 16.2. The lowest BCUT2D eigenvalue weighted by Crippen LogP contribution is -2.34. The average molecular weight is 324 g/mol. The van der Waals surface area contributed by atoms with Crippen molar-refractivity contribution < 1.29 is 22.8 Å². The number of hydrogen-bond donors (Lipinski definition) is 1. The first-order valence-corrected chi connectivity index (χ1v) is 7.97. The molecule has 118 valence electrons. The van der Waals surface area contributed by atoms with E-state index in [1.165, 1.54) is 26.2 Å². The van der Waals surface area contributed by atoms with Crippen molar-refractivity contribution in [2.24, 2.45) is 5.92 Å². The molecule has 0 saturated carbocycles. The standard InChI is InChI=1S/C14H16N2O5S/c1-10(14(17)18)9-16(2)22(19,20)13-6-4-3-5-11(13)12-7-8-15-21-12/h3-8,10H,9H2,1-2H3,(H,17,18). The summed E-state index contributed by atoms with van der Waals surface area (Å²) in [5.41, 5.74) is 0.384. The molecule has 1 heterocycles. The van der Waals surface area contributed by atoms with Crippen molar-refractivity contribution in [3.05, 3.63) is 36.5 Å². The van der Waals surface area contributed by atoms with Gasteiger partial charge in [0.2, 0.25) is 10.0 Å². The summed E-state index contributed by atoms with van der Waals surface area (Å²) in [5, 5.41) is 12.5. The molecule has 0 spiro atoms. The number of rotatable bonds is 6. The molecular formula is C14H16N2O5S. The monoisotopic (exact) mass is 324 g/mol. The van der Waals surface area contributed by atoms with E-state index < -0.39 is 21.9 Å². The predicted molar refractivity (Wildman–Crippen MR) is 78.6 cm³/mol. The summed E-state index contributed by atoms with van der Waals surface area (Å²) in [6.07, 6.45) is 1.43. The number of aliphatic carboxylic acids is 1. The molecule has 1 atom stereocenters. The second kappa shape index (κ2) is 6.29. The van der Waals surface area contributed by atoms with Gasteiger partial charge in [-0.05, 0) is 12.1 Å². The molecule has 1 aromatic heterocycles. The molecule has 22 heavy (non-hydrogen) atoms. The maximum Gasteiger partial charge on any atom is 0.307 e. The number of carboxylic acid groups (broad SMARTS) is 1. The molecule has 2 rings (SSSR count). The largest absolute Gasteiger partial charge is 0.481 e. The highest BCUT2D eigenvalue weighted by atomic mass is 32.2. The van der Waals surface area contributed by atoms with Crippen LogP contribution < -0.4 is 0 Å². The summed E-state index contributed by atoms with van der Waals surface area (Å²) in [4.78, 5) is 11.0. The topological polar surface area (TPSA) is 101 Å². The summed E-state index contributed by atoms with van der Waals surface area (Å²) in [7, 11) is -2.49. The molecule has 0 aliphatic rings. The fourth-order valence-electron chi connectivity index (χ4n) is 1.98. The molecule has 0 bridgehead atoms. The number of nitrogens with zero attached hydrogens (tertiary/aromatic N) is 2. The second-order valence-electron chi connectivity index (χ2n) is 4.90. The van der Waals surface area contributed by atoms with Gasteiger partial charge in [-0.25, -0.2) is 12.7 Å². The van der Waals surface area contributed by atoms with Crippen LogP contribution in [0.25, 0.3) is 11.3 Å². The fraction of sp³-hybridized carbons (Fsp3) is 0.286. The minimum absolute atomic E-state index is 0.0480. The van der Waals surface area contributed by atoms with Gasteiger partial charge in [0.15, 0.2) is 5.76 Å². The third-order valence-corrected chi connectivity index (χ3v) is 5.11. The van der Waals surface area contributed by atoms with E-state index in [-0.39, 0.29) is 11.4 Å². The summed E-state index contributed by atoms with van der Waals surface area (Å²) in [6, 6.07) is 7.92. The molecule has 0 radical (unpaired) electrons. The van der Waals surface area contributed by atoms with Crippen molar-refractivity contribution in [1.29, 1.82) is 0 Å². The first-order valence-electron chi connectivity index (χ1n) is 6.53. The van der Waals surface area contributed by atoms with Gasteiger partial charge in [-0.15, -0.1) is 0 Å². The molecule has 0 aliphatic carbocycles. The van der Waals surface area contributed by atoms with Gasteiger partial charge in [0.25, 0.3) is 0 Å². The van der Waals surface area contributed by atoms with Crippen LogP contribution in [0.2, 0.25) is 0 Å². The Labute approximate surface area is 128 Å². The molecule has 8 heteroatoms. The van der Waals surface area contributed by atoms with E-state index in [1.54, 1.807) is 24.3 Å². The Morgan fingerprint density at radius 3 is 2.64 bits per heavy atom. The molecule has 0 amide bonds. The van der Waals surface area contributed by atoms with E-state index in [2.05, 4.69) is 5.16 Å². The van der Waals surface area contributed by atoms with Crippen LogP contribution in [0, 0.1) is 5.92 Å². The van der Waals surface area contributed by atoms with Crippen LogP contribution >= 0.6 is 0 Å². The molecule has 2 aromatic rings. The number of benzene rings is 1. The first-order chi connectivity index (χ1) is 10.3. The van der Waals surface area contributed by atoms with Crippen LogP contribution in [0.1, 0.15) is 6.92 Å². The Bertz CT molecular complexity index is 755. The van der Waals surface area contributed by atoms with Gasteiger partial charge < -0.3 is 9.63 Å². The average Bonchev–Trinajstić information content (AvgIpc) is 3.01. The van der Waals surface area contributed by atoms with Crippen molar-refractivity contribution in [3.8, 4) is 11.3 Å². The Morgan fingerprint density at radius 1 is 1.36 bits per heavy atom. The zero-order valence-electron chi connectivity index (χ0n) is 12.1. The molecule has 1 unspecified atom stereocenters.